The number of aliphatic carboxylic acids is 1. The molecule has 1 atom stereocenters. The van der Waals surface area contributed by atoms with Crippen LogP contribution in [0.25, 0.3) is 10.1 Å². The highest BCUT2D eigenvalue weighted by atomic mass is 32.1. The van der Waals surface area contributed by atoms with E-state index in [0.717, 1.165) is 38.7 Å². The lowest BCUT2D eigenvalue weighted by Crippen LogP contribution is -2.29. The Labute approximate surface area is 187 Å². The number of carbonyl (C=O) groups is 1. The van der Waals surface area contributed by atoms with Crippen molar-refractivity contribution in [2.45, 2.75) is 72.0 Å². The van der Waals surface area contributed by atoms with Crippen molar-refractivity contribution >= 4 is 27.4 Å². The van der Waals surface area contributed by atoms with Crippen molar-refractivity contribution in [3.8, 4) is 5.75 Å². The zero-order valence-corrected chi connectivity index (χ0v) is 19.8. The largest absolute Gasteiger partial charge is 0.493 e. The second-order valence-electron chi connectivity index (χ2n) is 8.97. The Hall–Kier alpha value is -2.38. The van der Waals surface area contributed by atoms with Gasteiger partial charge in [0.15, 0.2) is 12.0 Å². The Morgan fingerprint density at radius 1 is 1.26 bits per heavy atom. The van der Waals surface area contributed by atoms with Gasteiger partial charge in [0.25, 0.3) is 0 Å². The van der Waals surface area contributed by atoms with Gasteiger partial charge in [0.1, 0.15) is 11.5 Å². The highest BCUT2D eigenvalue weighted by Crippen LogP contribution is 2.34. The first-order chi connectivity index (χ1) is 14.6. The summed E-state index contributed by atoms with van der Waals surface area (Å²) in [5, 5.41) is 12.5. The number of carboxylic acids is 1. The number of aryl methyl sites for hydroxylation is 1. The molecule has 0 spiro atoms. The van der Waals surface area contributed by atoms with Crippen LogP contribution < -0.4 is 4.74 Å². The monoisotopic (exact) mass is 445 g/mol. The van der Waals surface area contributed by atoms with Gasteiger partial charge in [-0.2, -0.15) is 0 Å². The molecular formula is C24H31NO5S. The van der Waals surface area contributed by atoms with Crippen molar-refractivity contribution in [1.29, 1.82) is 0 Å². The van der Waals surface area contributed by atoms with E-state index in [1.54, 1.807) is 11.3 Å². The predicted molar refractivity (Wildman–Crippen MR) is 122 cm³/mol. The molecule has 168 valence electrons. The molecule has 1 aromatic carbocycles. The van der Waals surface area contributed by atoms with Crippen LogP contribution >= 0.6 is 11.3 Å². The molecule has 2 heterocycles. The highest BCUT2D eigenvalue weighted by Gasteiger charge is 2.23. The molecule has 0 saturated heterocycles. The van der Waals surface area contributed by atoms with E-state index in [1.165, 1.54) is 0 Å². The lowest BCUT2D eigenvalue weighted by molar-refractivity contribution is -0.153. The first kappa shape index (κ1) is 23.3. The van der Waals surface area contributed by atoms with Gasteiger partial charge in [-0.25, -0.2) is 9.78 Å². The number of thiophene rings is 1. The molecule has 0 aliphatic carbocycles. The second kappa shape index (κ2) is 9.40. The van der Waals surface area contributed by atoms with E-state index in [0.29, 0.717) is 19.4 Å². The van der Waals surface area contributed by atoms with Gasteiger partial charge in [-0.05, 0) is 43.8 Å². The lowest BCUT2D eigenvalue weighted by atomic mass is 9.97. The van der Waals surface area contributed by atoms with Gasteiger partial charge in [-0.1, -0.05) is 26.8 Å². The molecule has 0 amide bonds. The van der Waals surface area contributed by atoms with E-state index in [-0.39, 0.29) is 11.5 Å². The molecule has 0 bridgehead atoms. The fourth-order valence-corrected chi connectivity index (χ4v) is 4.28. The summed E-state index contributed by atoms with van der Waals surface area (Å²) >= 11 is 1.58. The SMILES string of the molecule is Cc1oc(C(C)(C)C)nc1CCOc1ccc(CC(OC(C)C)C(=O)O)c2sccc12. The average molecular weight is 446 g/mol. The number of fused-ring (bicyclic) bond motifs is 1. The molecule has 7 heteroatoms. The second-order valence-corrected chi connectivity index (χ2v) is 9.89. The van der Waals surface area contributed by atoms with Crippen LogP contribution in [-0.4, -0.2) is 34.9 Å². The molecule has 0 fully saturated rings. The Morgan fingerprint density at radius 2 is 2.00 bits per heavy atom. The molecule has 0 radical (unpaired) electrons. The molecule has 1 unspecified atom stereocenters. The summed E-state index contributed by atoms with van der Waals surface area (Å²) in [6, 6.07) is 5.86. The molecule has 1 N–H and O–H groups in total. The molecule has 0 saturated carbocycles. The number of rotatable bonds is 9. The van der Waals surface area contributed by atoms with Crippen LogP contribution in [0.3, 0.4) is 0 Å². The summed E-state index contributed by atoms with van der Waals surface area (Å²) in [6.07, 6.45) is -0.0498. The van der Waals surface area contributed by atoms with Gasteiger partial charge >= 0.3 is 5.97 Å². The average Bonchev–Trinajstić information content (AvgIpc) is 3.29. The van der Waals surface area contributed by atoms with Crippen molar-refractivity contribution in [3.63, 3.8) is 0 Å². The van der Waals surface area contributed by atoms with E-state index in [9.17, 15) is 9.90 Å². The van der Waals surface area contributed by atoms with E-state index in [2.05, 4.69) is 25.8 Å². The normalized spacial score (nSPS) is 13.1. The van der Waals surface area contributed by atoms with Gasteiger partial charge in [0, 0.05) is 28.3 Å². The van der Waals surface area contributed by atoms with Gasteiger partial charge in [-0.15, -0.1) is 11.3 Å². The van der Waals surface area contributed by atoms with Crippen LogP contribution in [0.2, 0.25) is 0 Å². The maximum absolute atomic E-state index is 11.6. The van der Waals surface area contributed by atoms with Crippen molar-refractivity contribution in [2.24, 2.45) is 0 Å². The zero-order chi connectivity index (χ0) is 22.8. The maximum atomic E-state index is 11.6. The van der Waals surface area contributed by atoms with Crippen molar-refractivity contribution in [2.75, 3.05) is 6.61 Å². The summed E-state index contributed by atoms with van der Waals surface area (Å²) in [7, 11) is 0. The number of hydrogen-bond acceptors (Lipinski definition) is 6. The Balaban J connectivity index is 1.72. The first-order valence-corrected chi connectivity index (χ1v) is 11.4. The molecular weight excluding hydrogens is 414 g/mol. The summed E-state index contributed by atoms with van der Waals surface area (Å²) < 4.78 is 18.5. The Morgan fingerprint density at radius 3 is 2.61 bits per heavy atom. The van der Waals surface area contributed by atoms with Crippen molar-refractivity contribution in [3.05, 3.63) is 46.5 Å². The number of aromatic nitrogens is 1. The van der Waals surface area contributed by atoms with Crippen LogP contribution in [-0.2, 0) is 27.8 Å². The van der Waals surface area contributed by atoms with Crippen LogP contribution in [0.5, 0.6) is 5.75 Å². The predicted octanol–water partition coefficient (Wildman–Crippen LogP) is 5.54. The third-order valence-corrected chi connectivity index (χ3v) is 5.90. The third-order valence-electron chi connectivity index (χ3n) is 4.91. The Kier molecular flexibility index (Phi) is 7.06. The lowest BCUT2D eigenvalue weighted by Gasteiger charge is -2.17. The Bertz CT molecular complexity index is 1040. The fourth-order valence-electron chi connectivity index (χ4n) is 3.34. The number of oxazole rings is 1. The summed E-state index contributed by atoms with van der Waals surface area (Å²) in [5.74, 6) is 1.40. The molecule has 3 rings (SSSR count). The van der Waals surface area contributed by atoms with Crippen LogP contribution in [0.4, 0.5) is 0 Å². The zero-order valence-electron chi connectivity index (χ0n) is 19.0. The van der Waals surface area contributed by atoms with Gasteiger partial charge in [0.05, 0.1) is 18.4 Å². The van der Waals surface area contributed by atoms with Gasteiger partial charge in [-0.3, -0.25) is 0 Å². The molecule has 0 aliphatic rings. The minimum atomic E-state index is -0.948. The maximum Gasteiger partial charge on any atom is 0.333 e. The van der Waals surface area contributed by atoms with Crippen molar-refractivity contribution in [1.82, 2.24) is 4.98 Å². The topological polar surface area (TPSA) is 81.8 Å². The van der Waals surface area contributed by atoms with E-state index >= 15 is 0 Å². The summed E-state index contributed by atoms with van der Waals surface area (Å²) in [6.45, 7) is 12.3. The number of benzene rings is 1. The van der Waals surface area contributed by atoms with Crippen LogP contribution in [0.1, 0.15) is 57.5 Å². The van der Waals surface area contributed by atoms with E-state index < -0.39 is 12.1 Å². The minimum Gasteiger partial charge on any atom is -0.493 e. The molecule has 0 aliphatic heterocycles. The summed E-state index contributed by atoms with van der Waals surface area (Å²) in [5.41, 5.74) is 1.74. The van der Waals surface area contributed by atoms with E-state index in [4.69, 9.17) is 13.9 Å². The minimum absolute atomic E-state index is 0.129. The molecule has 3 aromatic rings. The fraction of sp³-hybridized carbons (Fsp3) is 0.500. The van der Waals surface area contributed by atoms with Gasteiger partial charge < -0.3 is 19.0 Å². The quantitative estimate of drug-likeness (QED) is 0.466. The third kappa shape index (κ3) is 5.66. The number of carboxylic acid groups (broad SMARTS) is 1. The van der Waals surface area contributed by atoms with E-state index in [1.807, 2.05) is 44.4 Å². The smallest absolute Gasteiger partial charge is 0.333 e. The number of hydrogen-bond donors (Lipinski definition) is 1. The molecule has 31 heavy (non-hydrogen) atoms. The van der Waals surface area contributed by atoms with Crippen LogP contribution in [0.15, 0.2) is 28.0 Å². The van der Waals surface area contributed by atoms with Crippen molar-refractivity contribution < 1.29 is 23.8 Å². The summed E-state index contributed by atoms with van der Waals surface area (Å²) in [4.78, 5) is 16.2. The van der Waals surface area contributed by atoms with Crippen LogP contribution in [0, 0.1) is 6.92 Å². The van der Waals surface area contributed by atoms with Gasteiger partial charge in [0.2, 0.25) is 0 Å². The molecule has 6 nitrogen and oxygen atoms in total. The first-order valence-electron chi connectivity index (χ1n) is 10.5. The highest BCUT2D eigenvalue weighted by molar-refractivity contribution is 7.17. The molecule has 2 aromatic heterocycles. The standard InChI is InChI=1S/C24H31NO5S/c1-14(2)29-20(22(26)27)13-16-7-8-19(17-10-12-31-21(16)17)28-11-9-18-15(3)30-23(25-18)24(4,5)6/h7-8,10,12,14,20H,9,11,13H2,1-6H3,(H,26,27). The number of nitrogens with zero attached hydrogens (tertiary/aromatic N) is 1. The number of ether oxygens (including phenoxy) is 2.